The maximum atomic E-state index is 13.4. The van der Waals surface area contributed by atoms with Crippen molar-refractivity contribution < 1.29 is 9.59 Å². The third kappa shape index (κ3) is 4.13. The second-order valence-corrected chi connectivity index (χ2v) is 9.60. The highest BCUT2D eigenvalue weighted by atomic mass is 32.1. The van der Waals surface area contributed by atoms with Crippen LogP contribution in [0.4, 0.5) is 5.13 Å². The maximum absolute atomic E-state index is 13.4. The molecule has 0 radical (unpaired) electrons. The molecule has 11 heteroatoms. The number of hydrogen-bond acceptors (Lipinski definition) is 8. The molecule has 5 rings (SSSR count). The van der Waals surface area contributed by atoms with Crippen LogP contribution in [0.3, 0.4) is 0 Å². The minimum atomic E-state index is -0.143. The minimum Gasteiger partial charge on any atom is -0.339 e. The van der Waals surface area contributed by atoms with Crippen LogP contribution in [0.15, 0.2) is 35.3 Å². The summed E-state index contributed by atoms with van der Waals surface area (Å²) < 4.78 is 1.84. The van der Waals surface area contributed by atoms with E-state index in [0.29, 0.717) is 48.8 Å². The molecule has 0 atom stereocenters. The normalized spacial score (nSPS) is 14.7. The number of piperidine rings is 1. The highest BCUT2D eigenvalue weighted by molar-refractivity contribution is 7.13. The van der Waals surface area contributed by atoms with Crippen LogP contribution in [0, 0.1) is 12.8 Å². The Hall–Kier alpha value is -3.18. The number of thiophene rings is 1. The fourth-order valence-electron chi connectivity index (χ4n) is 3.97. The first-order valence-corrected chi connectivity index (χ1v) is 12.1. The molecule has 0 saturated carbocycles. The molecule has 0 spiro atoms. The molecule has 4 aromatic heterocycles. The molecule has 0 aliphatic carbocycles. The van der Waals surface area contributed by atoms with Crippen molar-refractivity contribution in [2.75, 3.05) is 18.4 Å². The fourth-order valence-corrected chi connectivity index (χ4v) is 5.10. The Kier molecular flexibility index (Phi) is 5.66. The molecule has 1 N–H and O–H groups in total. The molecule has 164 valence electrons. The lowest BCUT2D eigenvalue weighted by Crippen LogP contribution is -2.41. The number of nitrogens with zero attached hydrogens (tertiary/aromatic N) is 6. The molecule has 1 aliphatic heterocycles. The van der Waals surface area contributed by atoms with Gasteiger partial charge in [-0.15, -0.1) is 21.5 Å². The summed E-state index contributed by atoms with van der Waals surface area (Å²) in [5.74, 6) is -0.249. The van der Waals surface area contributed by atoms with Crippen molar-refractivity contribution in [3.63, 3.8) is 0 Å². The van der Waals surface area contributed by atoms with Crippen molar-refractivity contribution in [1.82, 2.24) is 29.9 Å². The van der Waals surface area contributed by atoms with E-state index in [-0.39, 0.29) is 17.7 Å². The molecule has 1 aliphatic rings. The molecule has 1 fully saturated rings. The first kappa shape index (κ1) is 20.7. The van der Waals surface area contributed by atoms with Gasteiger partial charge < -0.3 is 10.2 Å². The van der Waals surface area contributed by atoms with E-state index in [2.05, 4.69) is 31.7 Å². The molecule has 32 heavy (non-hydrogen) atoms. The van der Waals surface area contributed by atoms with Crippen molar-refractivity contribution in [2.24, 2.45) is 5.92 Å². The van der Waals surface area contributed by atoms with E-state index in [9.17, 15) is 9.59 Å². The van der Waals surface area contributed by atoms with Crippen LogP contribution in [-0.4, -0.2) is 54.8 Å². The van der Waals surface area contributed by atoms with Crippen LogP contribution < -0.4 is 5.32 Å². The van der Waals surface area contributed by atoms with Gasteiger partial charge >= 0.3 is 0 Å². The van der Waals surface area contributed by atoms with Gasteiger partial charge in [0, 0.05) is 29.6 Å². The van der Waals surface area contributed by atoms with E-state index in [1.165, 1.54) is 16.2 Å². The van der Waals surface area contributed by atoms with Gasteiger partial charge in [0.15, 0.2) is 5.65 Å². The molecular weight excluding hydrogens is 446 g/mol. The summed E-state index contributed by atoms with van der Waals surface area (Å²) in [7, 11) is 0. The fraction of sp³-hybridized carbons (Fsp3) is 0.333. The smallest absolute Gasteiger partial charge is 0.254 e. The quantitative estimate of drug-likeness (QED) is 0.483. The highest BCUT2D eigenvalue weighted by Gasteiger charge is 2.29. The van der Waals surface area contributed by atoms with Crippen LogP contribution in [0.5, 0.6) is 0 Å². The third-order valence-electron chi connectivity index (χ3n) is 5.60. The Morgan fingerprint density at radius 2 is 2.09 bits per heavy atom. The first-order chi connectivity index (χ1) is 15.6. The van der Waals surface area contributed by atoms with Crippen molar-refractivity contribution in [1.29, 1.82) is 0 Å². The lowest BCUT2D eigenvalue weighted by molar-refractivity contribution is -0.121. The predicted octanol–water partition coefficient (Wildman–Crippen LogP) is 3.19. The first-order valence-electron chi connectivity index (χ1n) is 10.3. The number of fused-ring (bicyclic) bond motifs is 1. The number of nitrogens with one attached hydrogen (secondary N) is 1. The largest absolute Gasteiger partial charge is 0.339 e. The van der Waals surface area contributed by atoms with Crippen molar-refractivity contribution in [3.05, 3.63) is 51.4 Å². The van der Waals surface area contributed by atoms with Crippen LogP contribution in [-0.2, 0) is 11.3 Å². The topological polar surface area (TPSA) is 106 Å². The molecular formula is C21H21N7O2S2. The average molecular weight is 468 g/mol. The van der Waals surface area contributed by atoms with Gasteiger partial charge in [0.2, 0.25) is 11.0 Å². The molecule has 2 amide bonds. The number of likely N-dealkylation sites (tertiary alicyclic amines) is 1. The number of carbonyl (C=O) groups is 2. The van der Waals surface area contributed by atoms with Crippen LogP contribution in [0.25, 0.3) is 11.0 Å². The summed E-state index contributed by atoms with van der Waals surface area (Å²) in [4.78, 5) is 33.5. The summed E-state index contributed by atoms with van der Waals surface area (Å²) in [6.45, 7) is 3.57. The maximum Gasteiger partial charge on any atom is 0.254 e. The van der Waals surface area contributed by atoms with E-state index in [1.54, 1.807) is 23.0 Å². The molecule has 0 unspecified atom stereocenters. The number of rotatable bonds is 5. The van der Waals surface area contributed by atoms with Gasteiger partial charge in [0.25, 0.3) is 5.91 Å². The minimum absolute atomic E-state index is 0.0424. The van der Waals surface area contributed by atoms with E-state index in [4.69, 9.17) is 0 Å². The molecule has 4 aromatic rings. The van der Waals surface area contributed by atoms with Crippen molar-refractivity contribution >= 4 is 50.7 Å². The lowest BCUT2D eigenvalue weighted by atomic mass is 9.95. The van der Waals surface area contributed by atoms with Crippen LogP contribution >= 0.6 is 22.7 Å². The summed E-state index contributed by atoms with van der Waals surface area (Å²) in [6.07, 6.45) is 2.95. The lowest BCUT2D eigenvalue weighted by Gasteiger charge is -2.31. The number of aromatic nitrogens is 5. The van der Waals surface area contributed by atoms with Crippen LogP contribution in [0.1, 0.15) is 33.8 Å². The van der Waals surface area contributed by atoms with Gasteiger partial charge in [-0.1, -0.05) is 17.4 Å². The average Bonchev–Trinajstić information content (AvgIpc) is 3.57. The number of amides is 2. The van der Waals surface area contributed by atoms with Gasteiger partial charge in [-0.05, 0) is 37.3 Å². The van der Waals surface area contributed by atoms with Crippen molar-refractivity contribution in [2.45, 2.75) is 26.3 Å². The van der Waals surface area contributed by atoms with Gasteiger partial charge in [0.1, 0.15) is 5.51 Å². The second kappa shape index (κ2) is 8.75. The Labute approximate surface area is 192 Å². The summed E-state index contributed by atoms with van der Waals surface area (Å²) >= 11 is 2.96. The van der Waals surface area contributed by atoms with Crippen LogP contribution in [0.2, 0.25) is 0 Å². The summed E-state index contributed by atoms with van der Waals surface area (Å²) in [5.41, 5.74) is 3.69. The standard InChI is InChI=1S/C21H21N7O2S2/c1-13-9-16(17-10-23-28(18(17)24-13)11-15-3-2-8-31-15)20(30)27-6-4-14(5-7-27)19(29)25-21-26-22-12-32-21/h2-3,8-10,12,14H,4-7,11H2,1H3,(H,25,26,29). The number of pyridine rings is 1. The van der Waals surface area contributed by atoms with Gasteiger partial charge in [0.05, 0.1) is 23.7 Å². The summed E-state index contributed by atoms with van der Waals surface area (Å²) in [5, 5.41) is 18.2. The SMILES string of the molecule is Cc1cc(C(=O)N2CCC(C(=O)Nc3nncs3)CC2)c2cnn(Cc3cccs3)c2n1. The molecule has 0 bridgehead atoms. The summed E-state index contributed by atoms with van der Waals surface area (Å²) in [6, 6.07) is 5.90. The molecule has 1 saturated heterocycles. The zero-order chi connectivity index (χ0) is 22.1. The zero-order valence-corrected chi connectivity index (χ0v) is 19.0. The second-order valence-electron chi connectivity index (χ2n) is 7.73. The van der Waals surface area contributed by atoms with Crippen molar-refractivity contribution in [3.8, 4) is 0 Å². The Bertz CT molecular complexity index is 1240. The van der Waals surface area contributed by atoms with Gasteiger partial charge in [-0.25, -0.2) is 9.67 Å². The molecule has 0 aromatic carbocycles. The van der Waals surface area contributed by atoms with E-state index >= 15 is 0 Å². The third-order valence-corrected chi connectivity index (χ3v) is 7.06. The highest BCUT2D eigenvalue weighted by Crippen LogP contribution is 2.25. The monoisotopic (exact) mass is 467 g/mol. The zero-order valence-electron chi connectivity index (χ0n) is 17.4. The Balaban J connectivity index is 1.31. The van der Waals surface area contributed by atoms with E-state index < -0.39 is 0 Å². The Morgan fingerprint density at radius 3 is 2.81 bits per heavy atom. The molecule has 5 heterocycles. The van der Waals surface area contributed by atoms with Gasteiger partial charge in [-0.2, -0.15) is 5.10 Å². The number of hydrogen-bond donors (Lipinski definition) is 1. The molecule has 9 nitrogen and oxygen atoms in total. The van der Waals surface area contributed by atoms with Gasteiger partial charge in [-0.3, -0.25) is 9.59 Å². The van der Waals surface area contributed by atoms with E-state index in [1.807, 2.05) is 34.0 Å². The van der Waals surface area contributed by atoms with E-state index in [0.717, 1.165) is 11.1 Å². The predicted molar refractivity (Wildman–Crippen MR) is 123 cm³/mol. The number of anilines is 1. The number of carbonyl (C=O) groups excluding carboxylic acids is 2. The Morgan fingerprint density at radius 1 is 1.25 bits per heavy atom. The number of aryl methyl sites for hydroxylation is 1.